The van der Waals surface area contributed by atoms with Gasteiger partial charge in [0.2, 0.25) is 5.91 Å². The van der Waals surface area contributed by atoms with Crippen LogP contribution >= 0.6 is 0 Å². The van der Waals surface area contributed by atoms with Gasteiger partial charge in [-0.25, -0.2) is 5.43 Å². The van der Waals surface area contributed by atoms with Crippen molar-refractivity contribution in [2.75, 3.05) is 0 Å². The van der Waals surface area contributed by atoms with Crippen LogP contribution in [0.25, 0.3) is 0 Å². The fourth-order valence-electron chi connectivity index (χ4n) is 4.37. The number of carbonyl (C=O) groups is 1. The first-order valence-corrected chi connectivity index (χ1v) is 7.57. The quantitative estimate of drug-likeness (QED) is 0.766. The minimum absolute atomic E-state index is 0.0761. The van der Waals surface area contributed by atoms with E-state index in [1.807, 2.05) is 13.8 Å². The molecule has 3 aliphatic rings. The number of rotatable bonds is 3. The lowest BCUT2D eigenvalue weighted by atomic mass is 9.81. The van der Waals surface area contributed by atoms with Crippen molar-refractivity contribution in [1.29, 1.82) is 0 Å². The van der Waals surface area contributed by atoms with Crippen LogP contribution in [0.15, 0.2) is 5.10 Å². The van der Waals surface area contributed by atoms with Crippen molar-refractivity contribution >= 4 is 11.6 Å². The minimum atomic E-state index is 0.0761. The topological polar surface area (TPSA) is 41.5 Å². The van der Waals surface area contributed by atoms with Crippen LogP contribution in [0, 0.1) is 29.6 Å². The van der Waals surface area contributed by atoms with Crippen LogP contribution in [0.1, 0.15) is 52.4 Å². The van der Waals surface area contributed by atoms with Crippen molar-refractivity contribution in [2.24, 2.45) is 34.7 Å². The van der Waals surface area contributed by atoms with E-state index in [0.29, 0.717) is 5.92 Å². The molecule has 3 nitrogen and oxygen atoms in total. The summed E-state index contributed by atoms with van der Waals surface area (Å²) in [4.78, 5) is 11.7. The predicted molar refractivity (Wildman–Crippen MR) is 72.1 cm³/mol. The lowest BCUT2D eigenvalue weighted by Gasteiger charge is -2.25. The zero-order valence-electron chi connectivity index (χ0n) is 11.5. The Bertz CT molecular complexity index is 377. The first-order valence-electron chi connectivity index (χ1n) is 7.57. The average Bonchev–Trinajstić information content (AvgIpc) is 3.05. The van der Waals surface area contributed by atoms with E-state index < -0.39 is 0 Å². The zero-order chi connectivity index (χ0) is 12.7. The molecule has 5 atom stereocenters. The number of amides is 1. The Balaban J connectivity index is 1.63. The standard InChI is InChI=1S/C15H24N2O/c1-3-9(2)15(18)17-16-14-8-10-7-13(14)12-6-4-5-11(10)12/h9-13H,3-8H2,1-2H3,(H,17,18)/t9-,10+,11-,12+,13-/m0/s1. The van der Waals surface area contributed by atoms with E-state index in [1.165, 1.54) is 31.4 Å². The van der Waals surface area contributed by atoms with Crippen LogP contribution in [0.2, 0.25) is 0 Å². The van der Waals surface area contributed by atoms with E-state index in [-0.39, 0.29) is 11.8 Å². The van der Waals surface area contributed by atoms with Gasteiger partial charge in [0, 0.05) is 17.5 Å². The molecule has 3 rings (SSSR count). The van der Waals surface area contributed by atoms with Crippen LogP contribution in [0.5, 0.6) is 0 Å². The molecule has 18 heavy (non-hydrogen) atoms. The number of nitrogens with zero attached hydrogens (tertiary/aromatic N) is 1. The summed E-state index contributed by atoms with van der Waals surface area (Å²) in [6.07, 6.45) is 7.62. The Kier molecular flexibility index (Phi) is 3.16. The van der Waals surface area contributed by atoms with Crippen molar-refractivity contribution in [3.05, 3.63) is 0 Å². The summed E-state index contributed by atoms with van der Waals surface area (Å²) in [6, 6.07) is 0. The fourth-order valence-corrected chi connectivity index (χ4v) is 4.37. The summed E-state index contributed by atoms with van der Waals surface area (Å²) < 4.78 is 0. The summed E-state index contributed by atoms with van der Waals surface area (Å²) in [5.74, 6) is 3.60. The molecule has 0 aromatic carbocycles. The third kappa shape index (κ3) is 1.88. The number of carbonyl (C=O) groups excluding carboxylic acids is 1. The van der Waals surface area contributed by atoms with Crippen LogP contribution in [-0.2, 0) is 4.79 Å². The molecule has 3 fully saturated rings. The molecule has 0 unspecified atom stereocenters. The molecular weight excluding hydrogens is 224 g/mol. The van der Waals surface area contributed by atoms with Gasteiger partial charge in [-0.1, -0.05) is 20.3 Å². The Labute approximate surface area is 109 Å². The maximum absolute atomic E-state index is 11.7. The van der Waals surface area contributed by atoms with Gasteiger partial charge in [-0.3, -0.25) is 4.79 Å². The Morgan fingerprint density at radius 3 is 3.00 bits per heavy atom. The maximum Gasteiger partial charge on any atom is 0.242 e. The number of hydrazone groups is 1. The van der Waals surface area contributed by atoms with Crippen LogP contribution < -0.4 is 5.43 Å². The molecule has 3 heteroatoms. The molecule has 0 saturated heterocycles. The summed E-state index contributed by atoms with van der Waals surface area (Å²) in [5.41, 5.74) is 4.08. The Hall–Kier alpha value is -0.860. The molecule has 0 aromatic heterocycles. The second-order valence-electron chi connectivity index (χ2n) is 6.45. The second kappa shape index (κ2) is 4.67. The minimum Gasteiger partial charge on any atom is -0.273 e. The summed E-state index contributed by atoms with van der Waals surface area (Å²) in [7, 11) is 0. The molecule has 0 aliphatic heterocycles. The van der Waals surface area contributed by atoms with Gasteiger partial charge < -0.3 is 0 Å². The summed E-state index contributed by atoms with van der Waals surface area (Å²) in [5, 5.41) is 4.45. The van der Waals surface area contributed by atoms with Gasteiger partial charge in [0.15, 0.2) is 0 Å². The van der Waals surface area contributed by atoms with E-state index in [0.717, 1.165) is 30.6 Å². The van der Waals surface area contributed by atoms with Gasteiger partial charge in [0.05, 0.1) is 0 Å². The van der Waals surface area contributed by atoms with Gasteiger partial charge >= 0.3 is 0 Å². The van der Waals surface area contributed by atoms with E-state index in [4.69, 9.17) is 0 Å². The largest absolute Gasteiger partial charge is 0.273 e. The van der Waals surface area contributed by atoms with Crippen LogP contribution in [-0.4, -0.2) is 11.6 Å². The Morgan fingerprint density at radius 1 is 1.44 bits per heavy atom. The number of nitrogens with one attached hydrogen (secondary N) is 1. The molecule has 0 spiro atoms. The number of hydrogen-bond donors (Lipinski definition) is 1. The molecule has 2 bridgehead atoms. The monoisotopic (exact) mass is 248 g/mol. The highest BCUT2D eigenvalue weighted by molar-refractivity contribution is 5.91. The van der Waals surface area contributed by atoms with Gasteiger partial charge in [0.25, 0.3) is 0 Å². The normalized spacial score (nSPS) is 41.1. The van der Waals surface area contributed by atoms with Gasteiger partial charge in [0.1, 0.15) is 0 Å². The second-order valence-corrected chi connectivity index (χ2v) is 6.45. The SMILES string of the molecule is CC[C@H](C)C(=O)NN=C1C[C@H]2C[C@H]1[C@@H]1CCC[C@@H]21. The van der Waals surface area contributed by atoms with Gasteiger partial charge in [-0.05, 0) is 49.9 Å². The lowest BCUT2D eigenvalue weighted by molar-refractivity contribution is -0.124. The zero-order valence-corrected chi connectivity index (χ0v) is 11.5. The first kappa shape index (κ1) is 12.2. The first-order chi connectivity index (χ1) is 8.70. The number of hydrogen-bond acceptors (Lipinski definition) is 2. The van der Waals surface area contributed by atoms with Crippen LogP contribution in [0.3, 0.4) is 0 Å². The smallest absolute Gasteiger partial charge is 0.242 e. The summed E-state index contributed by atoms with van der Waals surface area (Å²) in [6.45, 7) is 4.00. The maximum atomic E-state index is 11.7. The number of fused-ring (bicyclic) bond motifs is 5. The van der Waals surface area contributed by atoms with E-state index in [1.54, 1.807) is 0 Å². The summed E-state index contributed by atoms with van der Waals surface area (Å²) >= 11 is 0. The van der Waals surface area contributed by atoms with Crippen molar-refractivity contribution in [3.63, 3.8) is 0 Å². The van der Waals surface area contributed by atoms with E-state index in [9.17, 15) is 4.79 Å². The Morgan fingerprint density at radius 2 is 2.22 bits per heavy atom. The third-order valence-corrected chi connectivity index (χ3v) is 5.57. The lowest BCUT2D eigenvalue weighted by Crippen LogP contribution is -2.30. The molecule has 0 heterocycles. The average molecular weight is 248 g/mol. The van der Waals surface area contributed by atoms with Crippen molar-refractivity contribution in [2.45, 2.75) is 52.4 Å². The van der Waals surface area contributed by atoms with Gasteiger partial charge in [-0.15, -0.1) is 0 Å². The molecule has 3 saturated carbocycles. The van der Waals surface area contributed by atoms with Crippen LogP contribution in [0.4, 0.5) is 0 Å². The van der Waals surface area contributed by atoms with Crippen molar-refractivity contribution in [3.8, 4) is 0 Å². The van der Waals surface area contributed by atoms with Gasteiger partial charge in [-0.2, -0.15) is 5.10 Å². The van der Waals surface area contributed by atoms with E-state index in [2.05, 4.69) is 10.5 Å². The highest BCUT2D eigenvalue weighted by Gasteiger charge is 2.52. The van der Waals surface area contributed by atoms with Crippen molar-refractivity contribution < 1.29 is 4.79 Å². The predicted octanol–water partition coefficient (Wildman–Crippen LogP) is 2.96. The molecule has 0 aromatic rings. The highest BCUT2D eigenvalue weighted by Crippen LogP contribution is 2.57. The molecule has 1 amide bonds. The molecule has 1 N–H and O–H groups in total. The molecule has 3 aliphatic carbocycles. The molecule has 100 valence electrons. The third-order valence-electron chi connectivity index (χ3n) is 5.57. The van der Waals surface area contributed by atoms with E-state index >= 15 is 0 Å². The fraction of sp³-hybridized carbons (Fsp3) is 0.867. The molecule has 0 radical (unpaired) electrons. The van der Waals surface area contributed by atoms with Crippen molar-refractivity contribution in [1.82, 2.24) is 5.43 Å². The molecular formula is C15H24N2O. The highest BCUT2D eigenvalue weighted by atomic mass is 16.2.